The molecule has 2 aromatic rings. The Morgan fingerprint density at radius 1 is 1.13 bits per heavy atom. The molecular formula is C23H24N2O4S. The number of ether oxygens (including phenoxy) is 1. The maximum absolute atomic E-state index is 12.6. The van der Waals surface area contributed by atoms with Gasteiger partial charge < -0.3 is 15.0 Å². The molecule has 30 heavy (non-hydrogen) atoms. The number of carbonyl (C=O) groups is 3. The molecule has 2 amide bonds. The summed E-state index contributed by atoms with van der Waals surface area (Å²) < 4.78 is 5.30. The summed E-state index contributed by atoms with van der Waals surface area (Å²) in [6.07, 6.45) is 1.18. The van der Waals surface area contributed by atoms with Crippen LogP contribution in [0.15, 0.2) is 60.7 Å². The highest BCUT2D eigenvalue weighted by molar-refractivity contribution is 8.01. The smallest absolute Gasteiger partial charge is 0.330 e. The monoisotopic (exact) mass is 424 g/mol. The Kier molecular flexibility index (Phi) is 5.81. The lowest BCUT2D eigenvalue weighted by atomic mass is 9.99. The maximum Gasteiger partial charge on any atom is 0.330 e. The normalized spacial score (nSPS) is 22.8. The highest BCUT2D eigenvalue weighted by Crippen LogP contribution is 2.47. The van der Waals surface area contributed by atoms with Crippen molar-refractivity contribution < 1.29 is 19.1 Å². The van der Waals surface area contributed by atoms with Gasteiger partial charge in [0, 0.05) is 12.2 Å². The van der Waals surface area contributed by atoms with Gasteiger partial charge in [0.15, 0.2) is 6.61 Å². The van der Waals surface area contributed by atoms with Crippen molar-refractivity contribution in [3.05, 3.63) is 71.8 Å². The number of carbonyl (C=O) groups excluding carboxylic acids is 3. The number of benzene rings is 2. The predicted octanol–water partition coefficient (Wildman–Crippen LogP) is 2.89. The molecule has 4 rings (SSSR count). The van der Waals surface area contributed by atoms with Crippen LogP contribution in [0.4, 0.5) is 0 Å². The van der Waals surface area contributed by atoms with Crippen LogP contribution in [-0.4, -0.2) is 46.0 Å². The average Bonchev–Trinajstić information content (AvgIpc) is 3.27. The van der Waals surface area contributed by atoms with E-state index in [0.717, 1.165) is 17.5 Å². The zero-order chi connectivity index (χ0) is 21.1. The third-order valence-corrected chi connectivity index (χ3v) is 7.14. The summed E-state index contributed by atoms with van der Waals surface area (Å²) in [4.78, 5) is 38.7. The van der Waals surface area contributed by atoms with E-state index in [4.69, 9.17) is 4.74 Å². The number of nitrogens with zero attached hydrogens (tertiary/aromatic N) is 1. The maximum atomic E-state index is 12.6. The molecular weight excluding hydrogens is 400 g/mol. The summed E-state index contributed by atoms with van der Waals surface area (Å²) in [5.41, 5.74) is 1.88. The van der Waals surface area contributed by atoms with Crippen LogP contribution in [0.3, 0.4) is 0 Å². The van der Waals surface area contributed by atoms with E-state index in [-0.39, 0.29) is 29.3 Å². The van der Waals surface area contributed by atoms with Crippen LogP contribution < -0.4 is 5.32 Å². The fourth-order valence-electron chi connectivity index (χ4n) is 4.08. The molecule has 0 aliphatic carbocycles. The summed E-state index contributed by atoms with van der Waals surface area (Å²) in [7, 11) is 0. The first-order valence-corrected chi connectivity index (χ1v) is 11.0. The van der Waals surface area contributed by atoms with Crippen molar-refractivity contribution in [3.63, 3.8) is 0 Å². The van der Waals surface area contributed by atoms with Crippen molar-refractivity contribution in [2.75, 3.05) is 12.4 Å². The van der Waals surface area contributed by atoms with Crippen molar-refractivity contribution in [1.82, 2.24) is 10.2 Å². The highest BCUT2D eigenvalue weighted by atomic mass is 32.2. The second-order valence-corrected chi connectivity index (χ2v) is 9.20. The summed E-state index contributed by atoms with van der Waals surface area (Å²) in [6.45, 7) is 1.60. The molecule has 0 unspecified atom stereocenters. The van der Waals surface area contributed by atoms with Gasteiger partial charge in [0.2, 0.25) is 5.91 Å². The quantitative estimate of drug-likeness (QED) is 0.722. The SMILES string of the molecule is C[C@]12CCC(=O)N1[C@H](C(=O)OCC(=O)NC(c1ccccc1)c1ccccc1)CS2. The molecule has 2 aromatic carbocycles. The molecule has 2 aliphatic heterocycles. The fraction of sp³-hybridized carbons (Fsp3) is 0.348. The third-order valence-electron chi connectivity index (χ3n) is 5.63. The van der Waals surface area contributed by atoms with E-state index in [1.54, 1.807) is 16.7 Å². The van der Waals surface area contributed by atoms with Gasteiger partial charge in [-0.3, -0.25) is 9.59 Å². The zero-order valence-corrected chi connectivity index (χ0v) is 17.6. The molecule has 156 valence electrons. The van der Waals surface area contributed by atoms with E-state index in [1.165, 1.54) is 0 Å². The standard InChI is InChI=1S/C23H24N2O4S/c1-23-13-12-20(27)25(23)18(15-30-23)22(28)29-14-19(26)24-21(16-8-4-2-5-9-16)17-10-6-3-7-11-17/h2-11,18,21H,12-15H2,1H3,(H,24,26)/t18-,23-/m0/s1. The molecule has 0 spiro atoms. The second kappa shape index (κ2) is 8.52. The van der Waals surface area contributed by atoms with E-state index in [9.17, 15) is 14.4 Å². The predicted molar refractivity (Wildman–Crippen MR) is 115 cm³/mol. The van der Waals surface area contributed by atoms with Crippen molar-refractivity contribution >= 4 is 29.5 Å². The van der Waals surface area contributed by atoms with E-state index in [0.29, 0.717) is 12.2 Å². The van der Waals surface area contributed by atoms with Gasteiger partial charge in [-0.05, 0) is 24.5 Å². The lowest BCUT2D eigenvalue weighted by Gasteiger charge is -2.29. The lowest BCUT2D eigenvalue weighted by Crippen LogP contribution is -2.47. The number of rotatable bonds is 6. The fourth-order valence-corrected chi connectivity index (χ4v) is 5.50. The number of amides is 2. The Morgan fingerprint density at radius 2 is 1.73 bits per heavy atom. The van der Waals surface area contributed by atoms with Gasteiger partial charge in [-0.2, -0.15) is 0 Å². The number of hydrogen-bond acceptors (Lipinski definition) is 5. The van der Waals surface area contributed by atoms with Crippen LogP contribution >= 0.6 is 11.8 Å². The van der Waals surface area contributed by atoms with E-state index < -0.39 is 12.0 Å². The zero-order valence-electron chi connectivity index (χ0n) is 16.7. The van der Waals surface area contributed by atoms with Gasteiger partial charge in [0.25, 0.3) is 5.91 Å². The van der Waals surface area contributed by atoms with Gasteiger partial charge in [-0.15, -0.1) is 11.8 Å². The van der Waals surface area contributed by atoms with E-state index in [2.05, 4.69) is 5.32 Å². The number of nitrogens with one attached hydrogen (secondary N) is 1. The van der Waals surface area contributed by atoms with Gasteiger partial charge >= 0.3 is 5.97 Å². The van der Waals surface area contributed by atoms with Gasteiger partial charge in [0.1, 0.15) is 6.04 Å². The molecule has 2 heterocycles. The minimum Gasteiger partial charge on any atom is -0.454 e. The molecule has 7 heteroatoms. The Labute approximate surface area is 180 Å². The molecule has 0 saturated carbocycles. The van der Waals surface area contributed by atoms with Crippen LogP contribution in [-0.2, 0) is 19.1 Å². The van der Waals surface area contributed by atoms with Gasteiger partial charge in [0.05, 0.1) is 10.9 Å². The highest BCUT2D eigenvalue weighted by Gasteiger charge is 2.53. The van der Waals surface area contributed by atoms with E-state index in [1.807, 2.05) is 67.6 Å². The van der Waals surface area contributed by atoms with Crippen LogP contribution in [0.2, 0.25) is 0 Å². The molecule has 1 N–H and O–H groups in total. The molecule has 0 bridgehead atoms. The van der Waals surface area contributed by atoms with Crippen molar-refractivity contribution in [3.8, 4) is 0 Å². The topological polar surface area (TPSA) is 75.7 Å². The van der Waals surface area contributed by atoms with Crippen molar-refractivity contribution in [2.45, 2.75) is 36.7 Å². The first kappa shape index (κ1) is 20.5. The minimum absolute atomic E-state index is 0.0258. The van der Waals surface area contributed by atoms with E-state index >= 15 is 0 Å². The first-order chi connectivity index (χ1) is 14.5. The van der Waals surface area contributed by atoms with Crippen molar-refractivity contribution in [1.29, 1.82) is 0 Å². The Bertz CT molecular complexity index is 897. The van der Waals surface area contributed by atoms with Crippen LogP contribution in [0.1, 0.15) is 36.9 Å². The Hall–Kier alpha value is -2.80. The number of esters is 1. The second-order valence-electron chi connectivity index (χ2n) is 7.70. The summed E-state index contributed by atoms with van der Waals surface area (Å²) in [5, 5.41) is 2.96. The van der Waals surface area contributed by atoms with Gasteiger partial charge in [-0.1, -0.05) is 60.7 Å². The summed E-state index contributed by atoms with van der Waals surface area (Å²) in [5.74, 6) is -0.434. The molecule has 6 nitrogen and oxygen atoms in total. The van der Waals surface area contributed by atoms with Crippen LogP contribution in [0.25, 0.3) is 0 Å². The number of thioether (sulfide) groups is 1. The van der Waals surface area contributed by atoms with Gasteiger partial charge in [-0.25, -0.2) is 4.79 Å². The molecule has 2 aliphatic rings. The summed E-state index contributed by atoms with van der Waals surface area (Å²) in [6, 6.07) is 18.3. The van der Waals surface area contributed by atoms with Crippen LogP contribution in [0.5, 0.6) is 0 Å². The Balaban J connectivity index is 1.40. The first-order valence-electron chi connectivity index (χ1n) is 10.00. The third kappa shape index (κ3) is 4.07. The minimum atomic E-state index is -0.623. The average molecular weight is 425 g/mol. The lowest BCUT2D eigenvalue weighted by molar-refractivity contribution is -0.156. The molecule has 2 fully saturated rings. The largest absolute Gasteiger partial charge is 0.454 e. The molecule has 2 saturated heterocycles. The number of hydrogen-bond donors (Lipinski definition) is 1. The Morgan fingerprint density at radius 3 is 2.33 bits per heavy atom. The molecule has 0 radical (unpaired) electrons. The van der Waals surface area contributed by atoms with Crippen molar-refractivity contribution in [2.24, 2.45) is 0 Å². The van der Waals surface area contributed by atoms with Crippen LogP contribution in [0, 0.1) is 0 Å². The summed E-state index contributed by atoms with van der Waals surface area (Å²) >= 11 is 1.60. The number of fused-ring (bicyclic) bond motifs is 1. The molecule has 2 atom stereocenters. The molecule has 0 aromatic heterocycles.